The van der Waals surface area contributed by atoms with Crippen LogP contribution in [0, 0.1) is 0 Å². The van der Waals surface area contributed by atoms with Crippen molar-refractivity contribution >= 4 is 38.7 Å². The largest absolute Gasteiger partial charge is 0.308 e. The van der Waals surface area contributed by atoms with E-state index in [0.717, 1.165) is 12.8 Å². The molecule has 0 radical (unpaired) electrons. The lowest BCUT2D eigenvalue weighted by atomic mass is 9.68. The summed E-state index contributed by atoms with van der Waals surface area (Å²) in [5, 5.41) is 5.37. The van der Waals surface area contributed by atoms with E-state index in [0.29, 0.717) is 0 Å². The fourth-order valence-electron chi connectivity index (χ4n) is 10.1. The third-order valence-electron chi connectivity index (χ3n) is 12.6. The zero-order chi connectivity index (χ0) is 34.2. The first-order chi connectivity index (χ1) is 24.8. The molecule has 11 rings (SSSR count). The molecule has 3 heterocycles. The van der Waals surface area contributed by atoms with Gasteiger partial charge in [-0.1, -0.05) is 143 Å². The molecule has 0 amide bonds. The topological polar surface area (TPSA) is 4.93 Å². The van der Waals surface area contributed by atoms with Gasteiger partial charge in [0.2, 0.25) is 0 Å². The van der Waals surface area contributed by atoms with E-state index in [9.17, 15) is 0 Å². The molecule has 0 fully saturated rings. The molecular formula is C50H39N. The molecule has 1 aromatic heterocycles. The van der Waals surface area contributed by atoms with E-state index >= 15 is 0 Å². The summed E-state index contributed by atoms with van der Waals surface area (Å²) in [5.41, 5.74) is 20.2. The number of para-hydroxylation sites is 1. The first-order valence-electron chi connectivity index (χ1n) is 18.5. The van der Waals surface area contributed by atoms with Gasteiger partial charge in [0.25, 0.3) is 0 Å². The highest BCUT2D eigenvalue weighted by Crippen LogP contribution is 2.57. The number of aromatic nitrogens is 1. The van der Waals surface area contributed by atoms with E-state index in [-0.39, 0.29) is 10.8 Å². The van der Waals surface area contributed by atoms with E-state index in [2.05, 4.69) is 172 Å². The van der Waals surface area contributed by atoms with Crippen LogP contribution in [0.5, 0.6) is 0 Å². The van der Waals surface area contributed by atoms with Crippen LogP contribution in [0.15, 0.2) is 133 Å². The Morgan fingerprint density at radius 2 is 1.02 bits per heavy atom. The predicted molar refractivity (Wildman–Crippen MR) is 216 cm³/mol. The Hall–Kier alpha value is -5.66. The van der Waals surface area contributed by atoms with Crippen molar-refractivity contribution in [2.75, 3.05) is 0 Å². The fourth-order valence-corrected chi connectivity index (χ4v) is 10.1. The molecule has 244 valence electrons. The molecule has 0 unspecified atom stereocenters. The molecule has 1 heteroatoms. The maximum atomic E-state index is 2.65. The van der Waals surface area contributed by atoms with Crippen LogP contribution in [0.4, 0.5) is 0 Å². The fraction of sp³-hybridized carbons (Fsp3) is 0.160. The highest BCUT2D eigenvalue weighted by atomic mass is 15.0. The lowest BCUT2D eigenvalue weighted by Crippen LogP contribution is -2.33. The normalized spacial score (nSPS) is 15.9. The maximum absolute atomic E-state index is 2.65. The minimum atomic E-state index is -0.185. The molecule has 0 saturated carbocycles. The SMILES string of the molecule is CC1(C)c2cccc3c2-n2c4c1cc(-c1ccccc1)cc4c1cc(-c4c5c(c(-c6ccccc6)c6ccccc46)CCC=C5)cc(c12)C3(C)C. The van der Waals surface area contributed by atoms with Crippen LogP contribution in [0.25, 0.3) is 77.7 Å². The van der Waals surface area contributed by atoms with Crippen LogP contribution in [0.1, 0.15) is 67.5 Å². The van der Waals surface area contributed by atoms with Gasteiger partial charge in [-0.05, 0) is 115 Å². The Balaban J connectivity index is 1.33. The average Bonchev–Trinajstić information content (AvgIpc) is 3.49. The minimum absolute atomic E-state index is 0.150. The molecule has 0 bridgehead atoms. The Labute approximate surface area is 299 Å². The summed E-state index contributed by atoms with van der Waals surface area (Å²) in [5.74, 6) is 0. The number of benzene rings is 7. The van der Waals surface area contributed by atoms with E-state index in [4.69, 9.17) is 0 Å². The molecule has 0 saturated heterocycles. The molecule has 1 nitrogen and oxygen atoms in total. The zero-order valence-electron chi connectivity index (χ0n) is 29.6. The molecule has 1 aliphatic carbocycles. The molecule has 51 heavy (non-hydrogen) atoms. The van der Waals surface area contributed by atoms with Crippen LogP contribution in [-0.2, 0) is 17.3 Å². The number of rotatable bonds is 3. The average molecular weight is 654 g/mol. The van der Waals surface area contributed by atoms with Gasteiger partial charge in [-0.2, -0.15) is 0 Å². The van der Waals surface area contributed by atoms with Crippen LogP contribution in [0.2, 0.25) is 0 Å². The first kappa shape index (κ1) is 29.1. The van der Waals surface area contributed by atoms with Gasteiger partial charge in [0, 0.05) is 21.6 Å². The molecule has 0 N–H and O–H groups in total. The Morgan fingerprint density at radius 3 is 1.67 bits per heavy atom. The second kappa shape index (κ2) is 9.98. The van der Waals surface area contributed by atoms with Gasteiger partial charge in [0.1, 0.15) is 0 Å². The zero-order valence-corrected chi connectivity index (χ0v) is 29.6. The van der Waals surface area contributed by atoms with Crippen LogP contribution in [0.3, 0.4) is 0 Å². The highest BCUT2D eigenvalue weighted by molar-refractivity contribution is 6.18. The second-order valence-electron chi connectivity index (χ2n) is 16.0. The quantitative estimate of drug-likeness (QED) is 0.179. The summed E-state index contributed by atoms with van der Waals surface area (Å²) in [7, 11) is 0. The standard InChI is InChI=1S/C50H39N/c1-49(2)40-24-15-25-41-48(40)51-46-38(26-32(28-42(46)49)30-16-7-5-8-17-30)39-27-33(29-43(47(39)51)50(41,3)4)45-36-22-13-11-20-34(36)44(31-18-9-6-10-19-31)35-21-12-14-23-37(35)45/h5-11,13-20,22-29H,12,21H2,1-4H3. The van der Waals surface area contributed by atoms with Crippen LogP contribution < -0.4 is 0 Å². The van der Waals surface area contributed by atoms with E-state index < -0.39 is 0 Å². The van der Waals surface area contributed by atoms with E-state index in [1.54, 1.807) is 0 Å². The highest BCUT2D eigenvalue weighted by Gasteiger charge is 2.43. The number of nitrogens with zero attached hydrogens (tertiary/aromatic N) is 1. The lowest BCUT2D eigenvalue weighted by Gasteiger charge is -2.42. The summed E-state index contributed by atoms with van der Waals surface area (Å²) in [6.07, 6.45) is 6.91. The molecule has 7 aromatic carbocycles. The monoisotopic (exact) mass is 653 g/mol. The van der Waals surface area contributed by atoms with Gasteiger partial charge < -0.3 is 4.57 Å². The summed E-state index contributed by atoms with van der Waals surface area (Å²) in [6, 6.07) is 48.3. The van der Waals surface area contributed by atoms with Crippen molar-refractivity contribution in [1.29, 1.82) is 0 Å². The molecular weight excluding hydrogens is 615 g/mol. The Kier molecular flexibility index (Phi) is 5.70. The Bertz CT molecular complexity index is 2820. The molecule has 2 aliphatic heterocycles. The first-order valence-corrected chi connectivity index (χ1v) is 18.5. The van der Waals surface area contributed by atoms with Crippen molar-refractivity contribution in [1.82, 2.24) is 4.57 Å². The number of hydrogen-bond acceptors (Lipinski definition) is 0. The summed E-state index contributed by atoms with van der Waals surface area (Å²) < 4.78 is 2.65. The molecule has 0 atom stereocenters. The number of allylic oxidation sites excluding steroid dienone is 1. The molecule has 8 aromatic rings. The maximum Gasteiger partial charge on any atom is 0.0582 e. The van der Waals surface area contributed by atoms with Crippen LogP contribution >= 0.6 is 0 Å². The predicted octanol–water partition coefficient (Wildman–Crippen LogP) is 13.2. The second-order valence-corrected chi connectivity index (χ2v) is 16.0. The van der Waals surface area contributed by atoms with Crippen molar-refractivity contribution in [3.05, 3.63) is 167 Å². The molecule has 0 spiro atoms. The third kappa shape index (κ3) is 3.71. The van der Waals surface area contributed by atoms with E-state index in [1.807, 2.05) is 0 Å². The van der Waals surface area contributed by atoms with Gasteiger partial charge in [0.05, 0.1) is 16.7 Å². The van der Waals surface area contributed by atoms with Crippen molar-refractivity contribution in [3.63, 3.8) is 0 Å². The van der Waals surface area contributed by atoms with E-state index in [1.165, 1.54) is 105 Å². The summed E-state index contributed by atoms with van der Waals surface area (Å²) in [4.78, 5) is 0. The van der Waals surface area contributed by atoms with Crippen LogP contribution in [-0.4, -0.2) is 4.57 Å². The minimum Gasteiger partial charge on any atom is -0.308 e. The van der Waals surface area contributed by atoms with Gasteiger partial charge in [-0.15, -0.1) is 0 Å². The van der Waals surface area contributed by atoms with Crippen molar-refractivity contribution in [2.24, 2.45) is 0 Å². The van der Waals surface area contributed by atoms with Crippen molar-refractivity contribution < 1.29 is 0 Å². The van der Waals surface area contributed by atoms with Crippen molar-refractivity contribution in [3.8, 4) is 39.1 Å². The smallest absolute Gasteiger partial charge is 0.0582 e. The van der Waals surface area contributed by atoms with Gasteiger partial charge in [0.15, 0.2) is 0 Å². The lowest BCUT2D eigenvalue weighted by molar-refractivity contribution is 0.594. The van der Waals surface area contributed by atoms with Gasteiger partial charge >= 0.3 is 0 Å². The Morgan fingerprint density at radius 1 is 0.471 bits per heavy atom. The summed E-state index contributed by atoms with van der Waals surface area (Å²) in [6.45, 7) is 9.76. The molecule has 3 aliphatic rings. The van der Waals surface area contributed by atoms with Crippen molar-refractivity contribution in [2.45, 2.75) is 51.4 Å². The van der Waals surface area contributed by atoms with Gasteiger partial charge in [-0.3, -0.25) is 0 Å². The van der Waals surface area contributed by atoms with Gasteiger partial charge in [-0.25, -0.2) is 0 Å². The summed E-state index contributed by atoms with van der Waals surface area (Å²) >= 11 is 0. The number of hydrogen-bond donors (Lipinski definition) is 0. The third-order valence-corrected chi connectivity index (χ3v) is 12.6. The number of fused-ring (bicyclic) bond motifs is 3.